The molecule has 0 spiro atoms. The maximum Gasteiger partial charge on any atom is 0.408 e. The fourth-order valence-electron chi connectivity index (χ4n) is 0.575. The number of halogens is 3. The van der Waals surface area contributed by atoms with E-state index in [4.69, 9.17) is 5.84 Å². The fraction of sp³-hybridized carbons (Fsp3) is 0.833. The highest BCUT2D eigenvalue weighted by Crippen LogP contribution is 2.13. The zero-order chi connectivity index (χ0) is 10.5. The first kappa shape index (κ1) is 12.0. The number of aliphatic imine (C=N–C) groups is 1. The Labute approximate surface area is 74.4 Å². The van der Waals surface area contributed by atoms with Crippen LogP contribution in [0.2, 0.25) is 0 Å². The van der Waals surface area contributed by atoms with Gasteiger partial charge in [-0.3, -0.25) is 5.43 Å². The molecular formula is C6H13F3N4. The van der Waals surface area contributed by atoms with Crippen LogP contribution in [0.25, 0.3) is 0 Å². The lowest BCUT2D eigenvalue weighted by atomic mass is 10.4. The van der Waals surface area contributed by atoms with Gasteiger partial charge in [0.1, 0.15) is 6.54 Å². The van der Waals surface area contributed by atoms with Crippen LogP contribution in [0.4, 0.5) is 13.2 Å². The van der Waals surface area contributed by atoms with Gasteiger partial charge in [-0.1, -0.05) is 0 Å². The van der Waals surface area contributed by atoms with Gasteiger partial charge in [0.2, 0.25) is 5.96 Å². The molecule has 0 bridgehead atoms. The molecule has 0 unspecified atom stereocenters. The quantitative estimate of drug-likeness (QED) is 0.260. The molecule has 0 aromatic carbocycles. The van der Waals surface area contributed by atoms with E-state index in [1.54, 1.807) is 13.8 Å². The largest absolute Gasteiger partial charge is 0.408 e. The van der Waals surface area contributed by atoms with E-state index in [0.717, 1.165) is 0 Å². The minimum absolute atomic E-state index is 0.0250. The van der Waals surface area contributed by atoms with Gasteiger partial charge in [-0.25, -0.2) is 10.8 Å². The molecule has 0 aliphatic rings. The van der Waals surface area contributed by atoms with Crippen molar-refractivity contribution in [2.75, 3.05) is 6.54 Å². The van der Waals surface area contributed by atoms with Crippen LogP contribution >= 0.6 is 0 Å². The Kier molecular flexibility index (Phi) is 4.53. The van der Waals surface area contributed by atoms with Crippen LogP contribution in [0.1, 0.15) is 13.8 Å². The number of alkyl halides is 3. The second-order valence-corrected chi connectivity index (χ2v) is 2.72. The summed E-state index contributed by atoms with van der Waals surface area (Å²) in [6, 6.07) is -0.0250. The predicted octanol–water partition coefficient (Wildman–Crippen LogP) is 0.366. The summed E-state index contributed by atoms with van der Waals surface area (Å²) < 4.78 is 35.1. The Morgan fingerprint density at radius 1 is 1.46 bits per heavy atom. The maximum absolute atomic E-state index is 11.7. The van der Waals surface area contributed by atoms with Crippen LogP contribution in [-0.4, -0.2) is 24.7 Å². The van der Waals surface area contributed by atoms with Gasteiger partial charge in [-0.05, 0) is 13.8 Å². The van der Waals surface area contributed by atoms with Crippen LogP contribution in [0.15, 0.2) is 4.99 Å². The summed E-state index contributed by atoms with van der Waals surface area (Å²) in [5, 5.41) is 2.62. The lowest BCUT2D eigenvalue weighted by Crippen LogP contribution is -2.45. The molecule has 0 saturated carbocycles. The number of nitrogens with zero attached hydrogens (tertiary/aromatic N) is 1. The van der Waals surface area contributed by atoms with Crippen molar-refractivity contribution in [1.82, 2.24) is 10.7 Å². The van der Waals surface area contributed by atoms with Crippen molar-refractivity contribution in [3.05, 3.63) is 0 Å². The first-order valence-corrected chi connectivity index (χ1v) is 3.69. The van der Waals surface area contributed by atoms with Gasteiger partial charge in [-0.2, -0.15) is 13.2 Å². The maximum atomic E-state index is 11.7. The van der Waals surface area contributed by atoms with E-state index in [-0.39, 0.29) is 12.0 Å². The van der Waals surface area contributed by atoms with Crippen LogP contribution < -0.4 is 16.6 Å². The van der Waals surface area contributed by atoms with Gasteiger partial charge in [0.15, 0.2) is 0 Å². The molecule has 4 N–H and O–H groups in total. The van der Waals surface area contributed by atoms with Crippen LogP contribution in [-0.2, 0) is 0 Å². The van der Waals surface area contributed by atoms with E-state index in [0.29, 0.717) is 0 Å². The molecule has 7 heteroatoms. The Balaban J connectivity index is 4.07. The third kappa shape index (κ3) is 7.38. The van der Waals surface area contributed by atoms with Crippen LogP contribution in [0.3, 0.4) is 0 Å². The summed E-state index contributed by atoms with van der Waals surface area (Å²) in [5.41, 5.74) is 2.04. The van der Waals surface area contributed by atoms with E-state index in [2.05, 4.69) is 10.3 Å². The molecule has 0 saturated heterocycles. The standard InChI is InChI=1S/C6H13F3N4/c1-4(2)12-5(13-10)11-3-6(7,8)9/h4H,3,10H2,1-2H3,(H2,11,12,13). The Bertz CT molecular complexity index is 175. The third-order valence-electron chi connectivity index (χ3n) is 0.979. The Morgan fingerprint density at radius 3 is 2.31 bits per heavy atom. The zero-order valence-corrected chi connectivity index (χ0v) is 7.44. The van der Waals surface area contributed by atoms with Crippen molar-refractivity contribution in [1.29, 1.82) is 0 Å². The van der Waals surface area contributed by atoms with Gasteiger partial charge < -0.3 is 5.32 Å². The Hall–Kier alpha value is -0.980. The van der Waals surface area contributed by atoms with E-state index in [9.17, 15) is 13.2 Å². The van der Waals surface area contributed by atoms with E-state index < -0.39 is 12.7 Å². The zero-order valence-electron chi connectivity index (χ0n) is 7.44. The van der Waals surface area contributed by atoms with Gasteiger partial charge >= 0.3 is 6.18 Å². The van der Waals surface area contributed by atoms with Crippen LogP contribution in [0, 0.1) is 0 Å². The number of hydrogen-bond acceptors (Lipinski definition) is 2. The van der Waals surface area contributed by atoms with E-state index in [1.807, 2.05) is 5.43 Å². The molecule has 0 radical (unpaired) electrons. The second kappa shape index (κ2) is 4.90. The lowest BCUT2D eigenvalue weighted by molar-refractivity contribution is -0.118. The van der Waals surface area contributed by atoms with Crippen molar-refractivity contribution < 1.29 is 13.2 Å². The summed E-state index contributed by atoms with van der Waals surface area (Å²) in [4.78, 5) is 3.20. The topological polar surface area (TPSA) is 62.4 Å². The first-order valence-electron chi connectivity index (χ1n) is 3.69. The number of hydrazine groups is 1. The van der Waals surface area contributed by atoms with Gasteiger partial charge in [0, 0.05) is 6.04 Å². The van der Waals surface area contributed by atoms with Gasteiger partial charge in [0.25, 0.3) is 0 Å². The van der Waals surface area contributed by atoms with Crippen molar-refractivity contribution in [2.24, 2.45) is 10.8 Å². The third-order valence-corrected chi connectivity index (χ3v) is 0.979. The summed E-state index contributed by atoms with van der Waals surface area (Å²) in [6.45, 7) is 2.28. The molecule has 0 amide bonds. The number of rotatable bonds is 2. The summed E-state index contributed by atoms with van der Waals surface area (Å²) in [7, 11) is 0. The van der Waals surface area contributed by atoms with Gasteiger partial charge in [-0.15, -0.1) is 0 Å². The van der Waals surface area contributed by atoms with Gasteiger partial charge in [0.05, 0.1) is 0 Å². The minimum atomic E-state index is -4.30. The highest BCUT2D eigenvalue weighted by atomic mass is 19.4. The molecule has 0 aliphatic carbocycles. The lowest BCUT2D eigenvalue weighted by Gasteiger charge is -2.12. The first-order chi connectivity index (χ1) is 5.85. The molecule has 0 aromatic rings. The number of nitrogens with two attached hydrogens (primary N) is 1. The second-order valence-electron chi connectivity index (χ2n) is 2.72. The number of hydrogen-bond donors (Lipinski definition) is 3. The molecule has 0 aliphatic heterocycles. The molecule has 0 aromatic heterocycles. The fourth-order valence-corrected chi connectivity index (χ4v) is 0.575. The Morgan fingerprint density at radius 2 is 2.00 bits per heavy atom. The molecule has 13 heavy (non-hydrogen) atoms. The highest BCUT2D eigenvalue weighted by molar-refractivity contribution is 5.79. The molecule has 4 nitrogen and oxygen atoms in total. The minimum Gasteiger partial charge on any atom is -0.353 e. The monoisotopic (exact) mass is 198 g/mol. The van der Waals surface area contributed by atoms with Crippen molar-refractivity contribution in [2.45, 2.75) is 26.1 Å². The molecule has 78 valence electrons. The van der Waals surface area contributed by atoms with Crippen molar-refractivity contribution in [3.63, 3.8) is 0 Å². The highest BCUT2D eigenvalue weighted by Gasteiger charge is 2.26. The predicted molar refractivity (Wildman–Crippen MR) is 44.0 cm³/mol. The summed E-state index contributed by atoms with van der Waals surface area (Å²) in [6.07, 6.45) is -4.30. The average Bonchev–Trinajstić information content (AvgIpc) is 1.95. The SMILES string of the molecule is CC(C)NC(=NCC(F)(F)F)NN. The van der Waals surface area contributed by atoms with Crippen molar-refractivity contribution in [3.8, 4) is 0 Å². The smallest absolute Gasteiger partial charge is 0.353 e. The summed E-state index contributed by atoms with van der Waals surface area (Å²) >= 11 is 0. The molecule has 0 rings (SSSR count). The normalized spacial score (nSPS) is 13.3. The number of nitrogens with one attached hydrogen (secondary N) is 2. The summed E-state index contributed by atoms with van der Waals surface area (Å²) in [5.74, 6) is 4.88. The molecule has 0 heterocycles. The molecular weight excluding hydrogens is 185 g/mol. The van der Waals surface area contributed by atoms with Crippen LogP contribution in [0.5, 0.6) is 0 Å². The van der Waals surface area contributed by atoms with E-state index >= 15 is 0 Å². The number of guanidine groups is 1. The molecule has 0 fully saturated rings. The average molecular weight is 198 g/mol. The van der Waals surface area contributed by atoms with E-state index in [1.165, 1.54) is 0 Å². The van der Waals surface area contributed by atoms with Crippen molar-refractivity contribution >= 4 is 5.96 Å². The molecule has 0 atom stereocenters.